The lowest BCUT2D eigenvalue weighted by Gasteiger charge is -2.14. The Hall–Kier alpha value is -3.41. The maximum atomic E-state index is 12.3. The van der Waals surface area contributed by atoms with E-state index in [0.29, 0.717) is 17.7 Å². The second kappa shape index (κ2) is 9.17. The Morgan fingerprint density at radius 3 is 2.27 bits per heavy atom. The van der Waals surface area contributed by atoms with Crippen LogP contribution in [-0.2, 0) is 9.59 Å². The molecule has 6 heteroatoms. The van der Waals surface area contributed by atoms with Crippen molar-refractivity contribution in [1.82, 2.24) is 5.32 Å². The molecule has 3 amide bonds. The fourth-order valence-electron chi connectivity index (χ4n) is 2.30. The van der Waals surface area contributed by atoms with Crippen molar-refractivity contribution < 1.29 is 14.4 Å². The molecule has 0 saturated heterocycles. The fraction of sp³-hybridized carbons (Fsp3) is 0.150. The molecule has 0 aliphatic carbocycles. The van der Waals surface area contributed by atoms with Crippen molar-refractivity contribution in [3.8, 4) is 0 Å². The summed E-state index contributed by atoms with van der Waals surface area (Å²) >= 11 is 0. The van der Waals surface area contributed by atoms with E-state index < -0.39 is 17.9 Å². The van der Waals surface area contributed by atoms with E-state index in [1.54, 1.807) is 30.3 Å². The number of hydrogen-bond acceptors (Lipinski definition) is 3. The van der Waals surface area contributed by atoms with E-state index in [0.717, 1.165) is 5.56 Å². The van der Waals surface area contributed by atoms with Crippen LogP contribution in [0.25, 0.3) is 6.08 Å². The van der Waals surface area contributed by atoms with Crippen molar-refractivity contribution in [2.75, 3.05) is 5.32 Å². The van der Waals surface area contributed by atoms with Gasteiger partial charge in [-0.1, -0.05) is 42.5 Å². The van der Waals surface area contributed by atoms with E-state index in [1.807, 2.05) is 36.4 Å². The summed E-state index contributed by atoms with van der Waals surface area (Å²) in [6.07, 6.45) is 3.95. The van der Waals surface area contributed by atoms with Gasteiger partial charge in [0.05, 0.1) is 0 Å². The highest BCUT2D eigenvalue weighted by Gasteiger charge is 2.17. The van der Waals surface area contributed by atoms with Gasteiger partial charge in [0.1, 0.15) is 6.04 Å². The Labute approximate surface area is 152 Å². The van der Waals surface area contributed by atoms with E-state index in [2.05, 4.69) is 10.6 Å². The lowest BCUT2D eigenvalue weighted by Crippen LogP contribution is -2.44. The summed E-state index contributed by atoms with van der Waals surface area (Å²) in [7, 11) is 0. The number of nitrogens with one attached hydrogen (secondary N) is 2. The molecule has 6 nitrogen and oxygen atoms in total. The number of carbonyl (C=O) groups excluding carboxylic acids is 3. The van der Waals surface area contributed by atoms with Gasteiger partial charge in [0.2, 0.25) is 11.8 Å². The fourth-order valence-corrected chi connectivity index (χ4v) is 2.30. The largest absolute Gasteiger partial charge is 0.368 e. The number of anilines is 1. The number of rotatable bonds is 7. The van der Waals surface area contributed by atoms with Crippen LogP contribution < -0.4 is 16.4 Å². The molecule has 0 aliphatic rings. The molecule has 2 aromatic rings. The Bertz CT molecular complexity index is 799. The molecule has 0 fully saturated rings. The number of hydrogen-bond donors (Lipinski definition) is 3. The van der Waals surface area contributed by atoms with Crippen molar-refractivity contribution >= 4 is 29.5 Å². The highest BCUT2D eigenvalue weighted by molar-refractivity contribution is 5.98. The van der Waals surface area contributed by atoms with Gasteiger partial charge >= 0.3 is 0 Å². The summed E-state index contributed by atoms with van der Waals surface area (Å²) in [5.74, 6) is -1.21. The lowest BCUT2D eigenvalue weighted by molar-refractivity contribution is -0.119. The van der Waals surface area contributed by atoms with Crippen LogP contribution in [0.4, 0.5) is 5.69 Å². The number of nitrogens with two attached hydrogens (primary N) is 1. The minimum atomic E-state index is -0.808. The molecule has 4 N–H and O–H groups in total. The minimum Gasteiger partial charge on any atom is -0.368 e. The summed E-state index contributed by atoms with van der Waals surface area (Å²) in [5.41, 5.74) is 7.34. The van der Waals surface area contributed by atoms with E-state index in [1.165, 1.54) is 6.92 Å². The third kappa shape index (κ3) is 5.90. The second-order valence-electron chi connectivity index (χ2n) is 5.74. The molecular weight excluding hydrogens is 330 g/mol. The standard InChI is InChI=1S/C20H21N3O3/c1-14(24)22-17-12-10-16(11-13-17)20(26)23-18(19(21)25)9-5-8-15-6-3-2-4-7-15/h2-8,10-13,18H,9H2,1H3,(H2,21,25)(H,22,24)(H,23,26)/b8-5+/t18-/m0/s1. The number of primary amides is 1. The first kappa shape index (κ1) is 18.9. The molecule has 0 bridgehead atoms. The first-order valence-corrected chi connectivity index (χ1v) is 8.15. The summed E-state index contributed by atoms with van der Waals surface area (Å²) in [4.78, 5) is 34.9. The zero-order valence-corrected chi connectivity index (χ0v) is 14.4. The monoisotopic (exact) mass is 351 g/mol. The molecule has 2 rings (SSSR count). The molecule has 0 unspecified atom stereocenters. The van der Waals surface area contributed by atoms with Crippen molar-refractivity contribution in [1.29, 1.82) is 0 Å². The molecule has 1 atom stereocenters. The Kier molecular flexibility index (Phi) is 6.68. The predicted octanol–water partition coefficient (Wildman–Crippen LogP) is 2.33. The number of carbonyl (C=O) groups is 3. The Morgan fingerprint density at radius 2 is 1.69 bits per heavy atom. The molecule has 26 heavy (non-hydrogen) atoms. The average Bonchev–Trinajstić information content (AvgIpc) is 2.61. The van der Waals surface area contributed by atoms with Crippen LogP contribution in [0.3, 0.4) is 0 Å². The van der Waals surface area contributed by atoms with Gasteiger partial charge in [0.15, 0.2) is 0 Å². The average molecular weight is 351 g/mol. The van der Waals surface area contributed by atoms with Gasteiger partial charge in [-0.2, -0.15) is 0 Å². The van der Waals surface area contributed by atoms with Gasteiger partial charge in [0.25, 0.3) is 5.91 Å². The zero-order chi connectivity index (χ0) is 18.9. The maximum absolute atomic E-state index is 12.3. The van der Waals surface area contributed by atoms with Crippen LogP contribution in [-0.4, -0.2) is 23.8 Å². The first-order valence-electron chi connectivity index (χ1n) is 8.15. The SMILES string of the molecule is CC(=O)Nc1ccc(C(=O)N[C@@H](C/C=C/c2ccccc2)C(N)=O)cc1. The van der Waals surface area contributed by atoms with Crippen LogP contribution in [0.15, 0.2) is 60.7 Å². The van der Waals surface area contributed by atoms with Crippen molar-refractivity contribution in [2.24, 2.45) is 5.73 Å². The van der Waals surface area contributed by atoms with Gasteiger partial charge in [-0.15, -0.1) is 0 Å². The summed E-state index contributed by atoms with van der Waals surface area (Å²) in [6, 6.07) is 15.2. The van der Waals surface area contributed by atoms with Gasteiger partial charge in [-0.3, -0.25) is 14.4 Å². The summed E-state index contributed by atoms with van der Waals surface area (Å²) < 4.78 is 0. The molecule has 0 aromatic heterocycles. The minimum absolute atomic E-state index is 0.193. The number of amides is 3. The topological polar surface area (TPSA) is 101 Å². The lowest BCUT2D eigenvalue weighted by atomic mass is 10.1. The van der Waals surface area contributed by atoms with Gasteiger partial charge in [0, 0.05) is 18.2 Å². The van der Waals surface area contributed by atoms with Crippen LogP contribution in [0.5, 0.6) is 0 Å². The molecule has 0 radical (unpaired) electrons. The van der Waals surface area contributed by atoms with Crippen LogP contribution in [0, 0.1) is 0 Å². The highest BCUT2D eigenvalue weighted by Crippen LogP contribution is 2.10. The van der Waals surface area contributed by atoms with Crippen LogP contribution in [0.2, 0.25) is 0 Å². The quantitative estimate of drug-likeness (QED) is 0.713. The Morgan fingerprint density at radius 1 is 1.04 bits per heavy atom. The van der Waals surface area contributed by atoms with E-state index in [9.17, 15) is 14.4 Å². The van der Waals surface area contributed by atoms with Gasteiger partial charge < -0.3 is 16.4 Å². The molecule has 0 aliphatic heterocycles. The predicted molar refractivity (Wildman–Crippen MR) is 101 cm³/mol. The Balaban J connectivity index is 1.98. The smallest absolute Gasteiger partial charge is 0.251 e. The van der Waals surface area contributed by atoms with E-state index >= 15 is 0 Å². The second-order valence-corrected chi connectivity index (χ2v) is 5.74. The third-order valence-electron chi connectivity index (χ3n) is 3.60. The van der Waals surface area contributed by atoms with Gasteiger partial charge in [-0.25, -0.2) is 0 Å². The van der Waals surface area contributed by atoms with Crippen molar-refractivity contribution in [3.05, 3.63) is 71.8 Å². The third-order valence-corrected chi connectivity index (χ3v) is 3.60. The highest BCUT2D eigenvalue weighted by atomic mass is 16.2. The maximum Gasteiger partial charge on any atom is 0.251 e. The van der Waals surface area contributed by atoms with E-state index in [-0.39, 0.29) is 5.91 Å². The normalized spacial score (nSPS) is 11.7. The van der Waals surface area contributed by atoms with Crippen LogP contribution >= 0.6 is 0 Å². The summed E-state index contributed by atoms with van der Waals surface area (Å²) in [6.45, 7) is 1.40. The van der Waals surface area contributed by atoms with Crippen molar-refractivity contribution in [2.45, 2.75) is 19.4 Å². The molecule has 0 spiro atoms. The first-order chi connectivity index (χ1) is 12.5. The van der Waals surface area contributed by atoms with Crippen molar-refractivity contribution in [3.63, 3.8) is 0 Å². The van der Waals surface area contributed by atoms with Crippen LogP contribution in [0.1, 0.15) is 29.3 Å². The molecule has 134 valence electrons. The summed E-state index contributed by atoms with van der Waals surface area (Å²) in [5, 5.41) is 5.25. The molecule has 2 aromatic carbocycles. The van der Waals surface area contributed by atoms with E-state index in [4.69, 9.17) is 5.73 Å². The van der Waals surface area contributed by atoms with Gasteiger partial charge in [-0.05, 0) is 36.2 Å². The molecule has 0 saturated carbocycles. The molecular formula is C20H21N3O3. The molecule has 0 heterocycles. The zero-order valence-electron chi connectivity index (χ0n) is 14.4. The number of benzene rings is 2.